The molecule has 2 nitrogen and oxygen atoms in total. The first kappa shape index (κ1) is 11.1. The first-order valence-corrected chi connectivity index (χ1v) is 6.35. The molecule has 3 rings (SSSR count). The highest BCUT2D eigenvalue weighted by molar-refractivity contribution is 9.10. The van der Waals surface area contributed by atoms with Crippen molar-refractivity contribution < 1.29 is 0 Å². The van der Waals surface area contributed by atoms with E-state index < -0.39 is 0 Å². The van der Waals surface area contributed by atoms with Crippen LogP contribution in [0.1, 0.15) is 5.56 Å². The summed E-state index contributed by atoms with van der Waals surface area (Å²) >= 11 is 3.56. The van der Waals surface area contributed by atoms with Crippen LogP contribution < -0.4 is 0 Å². The number of aromatic nitrogens is 1. The Bertz CT molecular complexity index is 766. The van der Waals surface area contributed by atoms with Crippen LogP contribution in [0.2, 0.25) is 0 Å². The van der Waals surface area contributed by atoms with Gasteiger partial charge in [-0.2, -0.15) is 5.26 Å². The number of nitrogens with zero attached hydrogens (tertiary/aromatic N) is 2. The minimum atomic E-state index is 0.687. The molecule has 0 saturated heterocycles. The molecule has 0 fully saturated rings. The summed E-state index contributed by atoms with van der Waals surface area (Å²) in [5, 5.41) is 9.97. The van der Waals surface area contributed by atoms with Crippen molar-refractivity contribution >= 4 is 26.8 Å². The van der Waals surface area contributed by atoms with Gasteiger partial charge in [-0.15, -0.1) is 0 Å². The number of hydrogen-bond acceptors (Lipinski definition) is 1. The van der Waals surface area contributed by atoms with Crippen LogP contribution in [0.4, 0.5) is 0 Å². The largest absolute Gasteiger partial charge is 0.315 e. The molecule has 3 heteroatoms. The number of benzene rings is 2. The van der Waals surface area contributed by atoms with E-state index in [1.807, 2.05) is 48.7 Å². The van der Waals surface area contributed by atoms with E-state index in [0.29, 0.717) is 5.56 Å². The summed E-state index contributed by atoms with van der Waals surface area (Å²) in [6.45, 7) is 0. The van der Waals surface area contributed by atoms with E-state index in [4.69, 9.17) is 5.26 Å². The molecule has 0 aliphatic rings. The third-order valence-electron chi connectivity index (χ3n) is 2.93. The van der Waals surface area contributed by atoms with Gasteiger partial charge in [0.15, 0.2) is 0 Å². The van der Waals surface area contributed by atoms with E-state index in [0.717, 1.165) is 21.1 Å². The molecule has 86 valence electrons. The lowest BCUT2D eigenvalue weighted by Gasteiger charge is -2.07. The first-order chi connectivity index (χ1) is 8.79. The van der Waals surface area contributed by atoms with E-state index >= 15 is 0 Å². The van der Waals surface area contributed by atoms with E-state index in [1.54, 1.807) is 0 Å². The Kier molecular flexibility index (Phi) is 2.66. The van der Waals surface area contributed by atoms with Gasteiger partial charge in [-0.25, -0.2) is 0 Å². The molecule has 2 aromatic carbocycles. The maximum atomic E-state index is 8.90. The van der Waals surface area contributed by atoms with Crippen molar-refractivity contribution in [1.82, 2.24) is 4.57 Å². The van der Waals surface area contributed by atoms with Gasteiger partial charge in [0.05, 0.1) is 22.8 Å². The first-order valence-electron chi connectivity index (χ1n) is 5.56. The van der Waals surface area contributed by atoms with Crippen LogP contribution in [0.5, 0.6) is 0 Å². The average Bonchev–Trinajstić information content (AvgIpc) is 2.82. The topological polar surface area (TPSA) is 28.7 Å². The Morgan fingerprint density at radius 3 is 2.67 bits per heavy atom. The number of nitriles is 1. The van der Waals surface area contributed by atoms with Gasteiger partial charge in [-0.1, -0.05) is 12.1 Å². The van der Waals surface area contributed by atoms with Crippen LogP contribution in [-0.4, -0.2) is 4.57 Å². The zero-order valence-corrected chi connectivity index (χ0v) is 11.1. The maximum Gasteiger partial charge on any atom is 0.0991 e. The highest BCUT2D eigenvalue weighted by Gasteiger charge is 2.06. The molecule has 0 N–H and O–H groups in total. The Hall–Kier alpha value is -2.05. The molecule has 0 unspecified atom stereocenters. The zero-order valence-electron chi connectivity index (χ0n) is 9.47. The SMILES string of the molecule is N#Cc1ccc2c(ccn2-c2ccccc2Br)c1. The van der Waals surface area contributed by atoms with Gasteiger partial charge >= 0.3 is 0 Å². The molecule has 3 aromatic rings. The van der Waals surface area contributed by atoms with Gasteiger partial charge in [0.1, 0.15) is 0 Å². The normalized spacial score (nSPS) is 10.4. The van der Waals surface area contributed by atoms with Crippen LogP contribution in [0.15, 0.2) is 59.2 Å². The Labute approximate surface area is 113 Å². The minimum absolute atomic E-state index is 0.687. The molecule has 0 aliphatic carbocycles. The molecular formula is C15H9BrN2. The molecule has 18 heavy (non-hydrogen) atoms. The van der Waals surface area contributed by atoms with Crippen molar-refractivity contribution in [1.29, 1.82) is 5.26 Å². The fourth-order valence-corrected chi connectivity index (χ4v) is 2.55. The Morgan fingerprint density at radius 1 is 1.06 bits per heavy atom. The third kappa shape index (κ3) is 1.71. The summed E-state index contributed by atoms with van der Waals surface area (Å²) in [5.41, 5.74) is 2.88. The van der Waals surface area contributed by atoms with Crippen LogP contribution in [0.25, 0.3) is 16.6 Å². The summed E-state index contributed by atoms with van der Waals surface area (Å²) in [4.78, 5) is 0. The number of fused-ring (bicyclic) bond motifs is 1. The van der Waals surface area contributed by atoms with E-state index in [9.17, 15) is 0 Å². The molecule has 1 heterocycles. The minimum Gasteiger partial charge on any atom is -0.315 e. The molecule has 0 amide bonds. The molecule has 0 atom stereocenters. The van der Waals surface area contributed by atoms with E-state index in [1.165, 1.54) is 0 Å². The Morgan fingerprint density at radius 2 is 1.89 bits per heavy atom. The fourth-order valence-electron chi connectivity index (χ4n) is 2.07. The smallest absolute Gasteiger partial charge is 0.0991 e. The van der Waals surface area contributed by atoms with Gasteiger partial charge < -0.3 is 4.57 Å². The quantitative estimate of drug-likeness (QED) is 0.659. The molecule has 0 radical (unpaired) electrons. The molecule has 1 aromatic heterocycles. The van der Waals surface area contributed by atoms with Crippen molar-refractivity contribution in [2.75, 3.05) is 0 Å². The second-order valence-electron chi connectivity index (χ2n) is 4.02. The molecule has 0 bridgehead atoms. The zero-order chi connectivity index (χ0) is 12.5. The maximum absolute atomic E-state index is 8.90. The van der Waals surface area contributed by atoms with Gasteiger partial charge in [-0.3, -0.25) is 0 Å². The predicted octanol–water partition coefficient (Wildman–Crippen LogP) is 4.26. The van der Waals surface area contributed by atoms with Crippen molar-refractivity contribution in [3.05, 3.63) is 64.8 Å². The van der Waals surface area contributed by atoms with E-state index in [-0.39, 0.29) is 0 Å². The lowest BCUT2D eigenvalue weighted by atomic mass is 10.2. The molecule has 0 aliphatic heterocycles. The van der Waals surface area contributed by atoms with E-state index in [2.05, 4.69) is 32.6 Å². The number of para-hydroxylation sites is 1. The second-order valence-corrected chi connectivity index (χ2v) is 4.88. The third-order valence-corrected chi connectivity index (χ3v) is 3.60. The van der Waals surface area contributed by atoms with Crippen LogP contribution in [0, 0.1) is 11.3 Å². The van der Waals surface area contributed by atoms with Gasteiger partial charge in [0.2, 0.25) is 0 Å². The monoisotopic (exact) mass is 296 g/mol. The fraction of sp³-hybridized carbons (Fsp3) is 0. The van der Waals surface area contributed by atoms with Gasteiger partial charge in [0.25, 0.3) is 0 Å². The molecular weight excluding hydrogens is 288 g/mol. The van der Waals surface area contributed by atoms with Crippen molar-refractivity contribution in [2.45, 2.75) is 0 Å². The number of hydrogen-bond donors (Lipinski definition) is 0. The highest BCUT2D eigenvalue weighted by Crippen LogP contribution is 2.26. The summed E-state index contributed by atoms with van der Waals surface area (Å²) in [6, 6.07) is 18.0. The standard InChI is InChI=1S/C15H9BrN2/c16-13-3-1-2-4-15(13)18-8-7-12-9-11(10-17)5-6-14(12)18/h1-9H. The van der Waals surface area contributed by atoms with Crippen molar-refractivity contribution in [3.8, 4) is 11.8 Å². The summed E-state index contributed by atoms with van der Waals surface area (Å²) < 4.78 is 3.16. The summed E-state index contributed by atoms with van der Waals surface area (Å²) in [7, 11) is 0. The van der Waals surface area contributed by atoms with Crippen LogP contribution >= 0.6 is 15.9 Å². The summed E-state index contributed by atoms with van der Waals surface area (Å²) in [5.74, 6) is 0. The van der Waals surface area contributed by atoms with Crippen molar-refractivity contribution in [2.24, 2.45) is 0 Å². The lowest BCUT2D eigenvalue weighted by Crippen LogP contribution is -1.92. The van der Waals surface area contributed by atoms with Crippen molar-refractivity contribution in [3.63, 3.8) is 0 Å². The lowest BCUT2D eigenvalue weighted by molar-refractivity contribution is 1.12. The van der Waals surface area contributed by atoms with Gasteiger partial charge in [-0.05, 0) is 52.3 Å². The molecule has 0 spiro atoms. The summed E-state index contributed by atoms with van der Waals surface area (Å²) in [6.07, 6.45) is 2.02. The average molecular weight is 297 g/mol. The van der Waals surface area contributed by atoms with Crippen LogP contribution in [-0.2, 0) is 0 Å². The molecule has 0 saturated carbocycles. The number of halogens is 1. The van der Waals surface area contributed by atoms with Gasteiger partial charge in [0, 0.05) is 16.1 Å². The number of rotatable bonds is 1. The van der Waals surface area contributed by atoms with Crippen LogP contribution in [0.3, 0.4) is 0 Å². The second kappa shape index (κ2) is 4.32. The highest BCUT2D eigenvalue weighted by atomic mass is 79.9. The predicted molar refractivity (Wildman–Crippen MR) is 75.7 cm³/mol. The Balaban J connectivity index is 2.26.